The fourth-order valence-corrected chi connectivity index (χ4v) is 6.27. The average molecular weight is 819 g/mol. The van der Waals surface area contributed by atoms with E-state index in [0.29, 0.717) is 56.6 Å². The summed E-state index contributed by atoms with van der Waals surface area (Å²) in [6.45, 7) is 4.46. The number of fused-ring (bicyclic) bond motifs is 1. The highest BCUT2D eigenvalue weighted by Crippen LogP contribution is 2.30. The minimum atomic E-state index is -1.09. The van der Waals surface area contributed by atoms with Crippen molar-refractivity contribution < 1.29 is 33.4 Å². The summed E-state index contributed by atoms with van der Waals surface area (Å²) >= 11 is 0. The Morgan fingerprint density at radius 3 is 1.81 bits per heavy atom. The number of carbonyl (C=O) groups is 5. The van der Waals surface area contributed by atoms with Crippen molar-refractivity contribution in [2.45, 2.75) is 96.0 Å². The second-order valence-corrected chi connectivity index (χ2v) is 14.5. The van der Waals surface area contributed by atoms with Crippen LogP contribution >= 0.6 is 0 Å². The Morgan fingerprint density at radius 2 is 1.24 bits per heavy atom. The molecule has 17 heteroatoms. The summed E-state index contributed by atoms with van der Waals surface area (Å²) in [6.07, 6.45) is 2.27. The molecule has 0 aromatic heterocycles. The predicted octanol–water partition coefficient (Wildman–Crippen LogP) is 2.50. The van der Waals surface area contributed by atoms with Crippen LogP contribution in [-0.4, -0.2) is 86.6 Å². The lowest BCUT2D eigenvalue weighted by molar-refractivity contribution is -0.134. The fraction of sp³-hybridized carbons (Fsp3) is 0.476. The van der Waals surface area contributed by atoms with Gasteiger partial charge in [-0.2, -0.15) is 0 Å². The lowest BCUT2D eigenvalue weighted by atomic mass is 10.0. The van der Waals surface area contributed by atoms with E-state index in [-0.39, 0.29) is 44.3 Å². The minimum absolute atomic E-state index is 0.00775. The molecule has 0 saturated carbocycles. The van der Waals surface area contributed by atoms with Crippen LogP contribution in [0.15, 0.2) is 71.7 Å². The van der Waals surface area contributed by atoms with E-state index in [2.05, 4.69) is 31.6 Å². The maximum absolute atomic E-state index is 14.1. The summed E-state index contributed by atoms with van der Waals surface area (Å²) in [5.74, 6) is -2.25. The minimum Gasteiger partial charge on any atom is -0.496 e. The monoisotopic (exact) mass is 818 g/mol. The van der Waals surface area contributed by atoms with Gasteiger partial charge >= 0.3 is 6.09 Å². The highest BCUT2D eigenvalue weighted by atomic mass is 16.5. The van der Waals surface area contributed by atoms with E-state index in [1.807, 2.05) is 54.6 Å². The number of rotatable bonds is 25. The quantitative estimate of drug-likeness (QED) is 0.0340. The zero-order chi connectivity index (χ0) is 43.2. The average Bonchev–Trinajstić information content (AvgIpc) is 3.22. The van der Waals surface area contributed by atoms with E-state index in [0.717, 1.165) is 16.3 Å². The molecule has 0 aliphatic carbocycles. The highest BCUT2D eigenvalue weighted by Gasteiger charge is 2.32. The van der Waals surface area contributed by atoms with Crippen LogP contribution in [0.5, 0.6) is 5.75 Å². The molecule has 17 nitrogen and oxygen atoms in total. The molecule has 59 heavy (non-hydrogen) atoms. The van der Waals surface area contributed by atoms with Crippen molar-refractivity contribution in [3.05, 3.63) is 72.3 Å². The maximum Gasteiger partial charge on any atom is 0.408 e. The van der Waals surface area contributed by atoms with Gasteiger partial charge in [0.05, 0.1) is 7.11 Å². The van der Waals surface area contributed by atoms with Gasteiger partial charge < -0.3 is 59.0 Å². The normalized spacial score (nSPS) is 13.0. The molecule has 0 aliphatic rings. The molecule has 13 N–H and O–H groups in total. The second kappa shape index (κ2) is 25.4. The van der Waals surface area contributed by atoms with Gasteiger partial charge in [-0.25, -0.2) is 4.79 Å². The summed E-state index contributed by atoms with van der Waals surface area (Å²) in [7, 11) is 1.54. The first-order valence-electron chi connectivity index (χ1n) is 20.1. The lowest BCUT2D eigenvalue weighted by Crippen LogP contribution is -2.58. The number of aliphatic imine (C=N–C) groups is 1. The Hall–Kier alpha value is -5.94. The van der Waals surface area contributed by atoms with Gasteiger partial charge in [-0.15, -0.1) is 0 Å². The van der Waals surface area contributed by atoms with Crippen LogP contribution in [-0.2, 0) is 30.5 Å². The van der Waals surface area contributed by atoms with Gasteiger partial charge in [0.15, 0.2) is 5.96 Å². The molecular weight excluding hydrogens is 757 g/mol. The standard InChI is InChI=1S/C42H62N10O7/c1-27(2)36(52-42(57)59-26-28-14-5-4-6-15-28)40(56)51-33(19-10-12-22-44)39(55)49-32(18-9-11-21-43)38(54)50-34(20-13-23-47-41(45)46)37(53)48-30-24-29-16-7-8-17-31(29)35(25-30)58-3/h4-8,14-17,24-25,27,32-34,36H,9-13,18-23,26,43-44H2,1-3H3,(H,48,53)(H,49,55)(H,50,54)(H,51,56)(H,52,57)(H4,45,46,47)/t32-,33-,34-,36-/m0/s1. The molecule has 0 unspecified atom stereocenters. The molecule has 4 atom stereocenters. The van der Waals surface area contributed by atoms with E-state index in [1.54, 1.807) is 26.0 Å². The number of anilines is 1. The molecule has 0 aliphatic heterocycles. The van der Waals surface area contributed by atoms with Crippen LogP contribution in [0.4, 0.5) is 10.5 Å². The third-order valence-electron chi connectivity index (χ3n) is 9.48. The highest BCUT2D eigenvalue weighted by molar-refractivity contribution is 6.01. The summed E-state index contributed by atoms with van der Waals surface area (Å²) < 4.78 is 10.9. The number of methoxy groups -OCH3 is 1. The van der Waals surface area contributed by atoms with Crippen molar-refractivity contribution in [1.82, 2.24) is 21.3 Å². The fourth-order valence-electron chi connectivity index (χ4n) is 6.27. The summed E-state index contributed by atoms with van der Waals surface area (Å²) in [5, 5.41) is 15.6. The molecular formula is C42H62N10O7. The number of benzene rings is 3. The van der Waals surface area contributed by atoms with Crippen LogP contribution in [0.25, 0.3) is 10.8 Å². The molecule has 0 bridgehead atoms. The molecule has 0 spiro atoms. The number of carbonyl (C=O) groups excluding carboxylic acids is 5. The largest absolute Gasteiger partial charge is 0.496 e. The first-order chi connectivity index (χ1) is 28.4. The van der Waals surface area contributed by atoms with Gasteiger partial charge in [0, 0.05) is 23.7 Å². The third kappa shape index (κ3) is 16.4. The van der Waals surface area contributed by atoms with E-state index in [1.165, 1.54) is 7.11 Å². The number of nitrogens with two attached hydrogens (primary N) is 4. The number of alkyl carbamates (subject to hydrolysis) is 1. The number of ether oxygens (including phenoxy) is 2. The maximum atomic E-state index is 14.1. The van der Waals surface area contributed by atoms with Gasteiger partial charge in [-0.05, 0) is 87.4 Å². The zero-order valence-electron chi connectivity index (χ0n) is 34.3. The Balaban J connectivity index is 1.80. The lowest BCUT2D eigenvalue weighted by Gasteiger charge is -2.27. The number of amides is 5. The van der Waals surface area contributed by atoms with Crippen LogP contribution in [0.1, 0.15) is 70.8 Å². The molecule has 0 fully saturated rings. The van der Waals surface area contributed by atoms with Crippen molar-refractivity contribution >= 4 is 52.1 Å². The topological polar surface area (TPSA) is 280 Å². The zero-order valence-corrected chi connectivity index (χ0v) is 34.3. The second-order valence-electron chi connectivity index (χ2n) is 14.5. The van der Waals surface area contributed by atoms with E-state index in [4.69, 9.17) is 32.4 Å². The van der Waals surface area contributed by atoms with Crippen molar-refractivity contribution in [1.29, 1.82) is 0 Å². The molecule has 3 aromatic carbocycles. The molecule has 322 valence electrons. The number of nitrogens with zero attached hydrogens (tertiary/aromatic N) is 1. The molecule has 3 rings (SSSR count). The van der Waals surface area contributed by atoms with Gasteiger partial charge in [0.2, 0.25) is 23.6 Å². The molecule has 0 radical (unpaired) electrons. The summed E-state index contributed by atoms with van der Waals surface area (Å²) in [4.78, 5) is 72.3. The van der Waals surface area contributed by atoms with Crippen LogP contribution in [0.3, 0.4) is 0 Å². The summed E-state index contributed by atoms with van der Waals surface area (Å²) in [6, 6.07) is 15.9. The first kappa shape index (κ1) is 47.4. The SMILES string of the molecule is COc1cc(NC(=O)[C@H](CCCN=C(N)N)NC(=O)[C@H](CCCCN)NC(=O)[C@H](CCCCN)NC(=O)[C@@H](NC(=O)OCc2ccccc2)C(C)C)cc2ccccc12. The van der Waals surface area contributed by atoms with Gasteiger partial charge in [-0.3, -0.25) is 24.2 Å². The van der Waals surface area contributed by atoms with Crippen molar-refractivity contribution in [2.24, 2.45) is 33.8 Å². The Bertz CT molecular complexity index is 1840. The van der Waals surface area contributed by atoms with Crippen molar-refractivity contribution in [3.63, 3.8) is 0 Å². The van der Waals surface area contributed by atoms with E-state index < -0.39 is 53.9 Å². The van der Waals surface area contributed by atoms with Crippen molar-refractivity contribution in [2.75, 3.05) is 32.1 Å². The number of nitrogens with one attached hydrogen (secondary N) is 5. The number of hydrogen-bond donors (Lipinski definition) is 9. The Labute approximate surface area is 346 Å². The van der Waals surface area contributed by atoms with Gasteiger partial charge in [0.25, 0.3) is 0 Å². The van der Waals surface area contributed by atoms with Gasteiger partial charge in [-0.1, -0.05) is 68.4 Å². The smallest absolute Gasteiger partial charge is 0.408 e. The van der Waals surface area contributed by atoms with Gasteiger partial charge in [0.1, 0.15) is 36.5 Å². The Kier molecular flexibility index (Phi) is 20.4. The van der Waals surface area contributed by atoms with Crippen LogP contribution in [0.2, 0.25) is 0 Å². The summed E-state index contributed by atoms with van der Waals surface area (Å²) in [5.41, 5.74) is 23.7. The number of guanidine groups is 1. The molecule has 3 aromatic rings. The third-order valence-corrected chi connectivity index (χ3v) is 9.48. The van der Waals surface area contributed by atoms with Crippen LogP contribution < -0.4 is 54.3 Å². The predicted molar refractivity (Wildman–Crippen MR) is 229 cm³/mol. The van der Waals surface area contributed by atoms with E-state index in [9.17, 15) is 24.0 Å². The number of unbranched alkanes of at least 4 members (excludes halogenated alkanes) is 2. The number of hydrogen-bond acceptors (Lipinski definition) is 10. The van der Waals surface area contributed by atoms with Crippen molar-refractivity contribution in [3.8, 4) is 5.75 Å². The molecule has 0 heterocycles. The molecule has 0 saturated heterocycles. The molecule has 5 amide bonds. The first-order valence-corrected chi connectivity index (χ1v) is 20.1. The van der Waals surface area contributed by atoms with Crippen LogP contribution in [0, 0.1) is 5.92 Å². The Morgan fingerprint density at radius 1 is 0.678 bits per heavy atom. The van der Waals surface area contributed by atoms with E-state index >= 15 is 0 Å².